The Morgan fingerprint density at radius 2 is 2.14 bits per heavy atom. The van der Waals surface area contributed by atoms with Gasteiger partial charge in [-0.2, -0.15) is 0 Å². The number of benzene rings is 1. The molecule has 1 atom stereocenters. The van der Waals surface area contributed by atoms with E-state index in [2.05, 4.69) is 10.6 Å². The van der Waals surface area contributed by atoms with E-state index in [1.165, 1.54) is 6.92 Å². The van der Waals surface area contributed by atoms with E-state index < -0.39 is 0 Å². The highest BCUT2D eigenvalue weighted by Crippen LogP contribution is 2.30. The van der Waals surface area contributed by atoms with E-state index in [9.17, 15) is 9.59 Å². The fourth-order valence-electron chi connectivity index (χ4n) is 2.82. The van der Waals surface area contributed by atoms with Crippen molar-refractivity contribution in [1.29, 1.82) is 0 Å². The zero-order valence-electron chi connectivity index (χ0n) is 12.4. The van der Waals surface area contributed by atoms with Gasteiger partial charge in [0, 0.05) is 30.2 Å². The number of hydrogen-bond acceptors (Lipinski definition) is 3. The molecular formula is C17H18N2O3. The summed E-state index contributed by atoms with van der Waals surface area (Å²) in [5, 5.41) is 5.73. The van der Waals surface area contributed by atoms with Gasteiger partial charge in [-0.3, -0.25) is 9.59 Å². The molecule has 3 rings (SSSR count). The zero-order chi connectivity index (χ0) is 15.5. The Morgan fingerprint density at radius 1 is 1.27 bits per heavy atom. The molecule has 0 saturated heterocycles. The largest absolute Gasteiger partial charge is 0.469 e. The van der Waals surface area contributed by atoms with E-state index in [1.54, 1.807) is 30.5 Å². The summed E-state index contributed by atoms with van der Waals surface area (Å²) in [6, 6.07) is 8.83. The van der Waals surface area contributed by atoms with E-state index in [0.717, 1.165) is 30.6 Å². The number of amides is 2. The van der Waals surface area contributed by atoms with Gasteiger partial charge in [-0.25, -0.2) is 0 Å². The van der Waals surface area contributed by atoms with Gasteiger partial charge in [-0.05, 0) is 37.1 Å². The second-order valence-electron chi connectivity index (χ2n) is 5.48. The lowest BCUT2D eigenvalue weighted by Crippen LogP contribution is -2.30. The van der Waals surface area contributed by atoms with Crippen LogP contribution in [-0.2, 0) is 11.2 Å². The van der Waals surface area contributed by atoms with Crippen molar-refractivity contribution in [2.75, 3.05) is 5.32 Å². The highest BCUT2D eigenvalue weighted by Gasteiger charge is 2.24. The molecule has 1 aliphatic carbocycles. The molecule has 5 heteroatoms. The molecular weight excluding hydrogens is 280 g/mol. The molecule has 2 amide bonds. The van der Waals surface area contributed by atoms with Gasteiger partial charge in [0.15, 0.2) is 0 Å². The third-order valence-electron chi connectivity index (χ3n) is 3.80. The Morgan fingerprint density at radius 3 is 2.95 bits per heavy atom. The average molecular weight is 298 g/mol. The lowest BCUT2D eigenvalue weighted by atomic mass is 9.93. The van der Waals surface area contributed by atoms with E-state index >= 15 is 0 Å². The van der Waals surface area contributed by atoms with E-state index in [0.29, 0.717) is 11.3 Å². The number of carbonyl (C=O) groups excluding carboxylic acids is 2. The van der Waals surface area contributed by atoms with Crippen molar-refractivity contribution in [2.45, 2.75) is 32.2 Å². The van der Waals surface area contributed by atoms with Crippen molar-refractivity contribution >= 4 is 17.5 Å². The monoisotopic (exact) mass is 298 g/mol. The summed E-state index contributed by atoms with van der Waals surface area (Å²) in [7, 11) is 0. The molecule has 0 saturated carbocycles. The Labute approximate surface area is 128 Å². The highest BCUT2D eigenvalue weighted by atomic mass is 16.3. The Bertz CT molecular complexity index is 705. The standard InChI is InChI=1S/C17H18N2O3/c1-11(20)18-13-5-2-4-12(10-13)17(21)19-15-6-3-7-16-14(15)8-9-22-16/h2,4-5,8-10,15H,3,6-7H2,1H3,(H,18,20)(H,19,21)/t15-/m1/s1. The SMILES string of the molecule is CC(=O)Nc1cccc(C(=O)N[C@@H]2CCCc3occc32)c1. The minimum Gasteiger partial charge on any atom is -0.469 e. The first-order valence-corrected chi connectivity index (χ1v) is 7.38. The van der Waals surface area contributed by atoms with Crippen LogP contribution in [0.2, 0.25) is 0 Å². The van der Waals surface area contributed by atoms with E-state index in [4.69, 9.17) is 4.42 Å². The van der Waals surface area contributed by atoms with Crippen LogP contribution in [0.15, 0.2) is 41.0 Å². The number of carbonyl (C=O) groups is 2. The van der Waals surface area contributed by atoms with E-state index in [1.807, 2.05) is 6.07 Å². The van der Waals surface area contributed by atoms with Crippen molar-refractivity contribution in [1.82, 2.24) is 5.32 Å². The van der Waals surface area contributed by atoms with Crippen molar-refractivity contribution in [3.05, 3.63) is 53.5 Å². The van der Waals surface area contributed by atoms with Crippen LogP contribution < -0.4 is 10.6 Å². The summed E-state index contributed by atoms with van der Waals surface area (Å²) >= 11 is 0. The molecule has 2 N–H and O–H groups in total. The molecule has 2 aromatic rings. The van der Waals surface area contributed by atoms with Crippen LogP contribution in [0.5, 0.6) is 0 Å². The fourth-order valence-corrected chi connectivity index (χ4v) is 2.82. The molecule has 0 spiro atoms. The van der Waals surface area contributed by atoms with Gasteiger partial charge >= 0.3 is 0 Å². The van der Waals surface area contributed by atoms with Gasteiger partial charge in [0.1, 0.15) is 5.76 Å². The number of aryl methyl sites for hydroxylation is 1. The summed E-state index contributed by atoms with van der Waals surface area (Å²) in [6.07, 6.45) is 4.50. The summed E-state index contributed by atoms with van der Waals surface area (Å²) in [4.78, 5) is 23.5. The molecule has 1 heterocycles. The van der Waals surface area contributed by atoms with Crippen LogP contribution in [0.1, 0.15) is 47.5 Å². The molecule has 1 aromatic carbocycles. The predicted molar refractivity (Wildman–Crippen MR) is 82.6 cm³/mol. The number of hydrogen-bond donors (Lipinski definition) is 2. The van der Waals surface area contributed by atoms with Gasteiger partial charge in [0.25, 0.3) is 5.91 Å². The molecule has 114 valence electrons. The number of nitrogens with one attached hydrogen (secondary N) is 2. The average Bonchev–Trinajstić information content (AvgIpc) is 2.96. The third-order valence-corrected chi connectivity index (χ3v) is 3.80. The van der Waals surface area contributed by atoms with Crippen molar-refractivity contribution in [3.8, 4) is 0 Å². The molecule has 5 nitrogen and oxygen atoms in total. The van der Waals surface area contributed by atoms with Crippen molar-refractivity contribution in [2.24, 2.45) is 0 Å². The summed E-state index contributed by atoms with van der Waals surface area (Å²) in [6.45, 7) is 1.44. The zero-order valence-corrected chi connectivity index (χ0v) is 12.4. The summed E-state index contributed by atoms with van der Waals surface area (Å²) in [5.41, 5.74) is 2.22. The topological polar surface area (TPSA) is 71.3 Å². The van der Waals surface area contributed by atoms with E-state index in [-0.39, 0.29) is 17.9 Å². The molecule has 0 radical (unpaired) electrons. The Balaban J connectivity index is 1.74. The fraction of sp³-hybridized carbons (Fsp3) is 0.294. The van der Waals surface area contributed by atoms with Crippen LogP contribution in [-0.4, -0.2) is 11.8 Å². The number of fused-ring (bicyclic) bond motifs is 1. The quantitative estimate of drug-likeness (QED) is 0.915. The molecule has 0 bridgehead atoms. The van der Waals surface area contributed by atoms with Crippen molar-refractivity contribution in [3.63, 3.8) is 0 Å². The minimum atomic E-state index is -0.159. The lowest BCUT2D eigenvalue weighted by molar-refractivity contribution is -0.114. The smallest absolute Gasteiger partial charge is 0.251 e. The summed E-state index contributed by atoms with van der Waals surface area (Å²) < 4.78 is 5.44. The predicted octanol–water partition coefficient (Wildman–Crippen LogP) is 3.05. The molecule has 0 aliphatic heterocycles. The van der Waals surface area contributed by atoms with Crippen LogP contribution in [0.3, 0.4) is 0 Å². The second-order valence-corrected chi connectivity index (χ2v) is 5.48. The number of furan rings is 1. The van der Waals surface area contributed by atoms with Gasteiger partial charge < -0.3 is 15.1 Å². The lowest BCUT2D eigenvalue weighted by Gasteiger charge is -2.22. The van der Waals surface area contributed by atoms with Crippen LogP contribution in [0.4, 0.5) is 5.69 Å². The first-order valence-electron chi connectivity index (χ1n) is 7.38. The Kier molecular flexibility index (Phi) is 3.96. The molecule has 0 fully saturated rings. The summed E-state index contributed by atoms with van der Waals surface area (Å²) in [5.74, 6) is 0.655. The first kappa shape index (κ1) is 14.4. The van der Waals surface area contributed by atoms with Crippen LogP contribution in [0.25, 0.3) is 0 Å². The molecule has 1 aliphatic rings. The maximum Gasteiger partial charge on any atom is 0.251 e. The molecule has 22 heavy (non-hydrogen) atoms. The third kappa shape index (κ3) is 3.03. The van der Waals surface area contributed by atoms with Crippen molar-refractivity contribution < 1.29 is 14.0 Å². The maximum absolute atomic E-state index is 12.4. The normalized spacial score (nSPS) is 16.7. The number of anilines is 1. The first-order chi connectivity index (χ1) is 10.6. The van der Waals surface area contributed by atoms with Gasteiger partial charge in [0.2, 0.25) is 5.91 Å². The molecule has 0 unspecified atom stereocenters. The highest BCUT2D eigenvalue weighted by molar-refractivity contribution is 5.97. The molecule has 1 aromatic heterocycles. The van der Waals surface area contributed by atoms with Gasteiger partial charge in [-0.15, -0.1) is 0 Å². The maximum atomic E-state index is 12.4. The Hall–Kier alpha value is -2.56. The second kappa shape index (κ2) is 6.05. The van der Waals surface area contributed by atoms with Gasteiger partial charge in [-0.1, -0.05) is 6.07 Å². The van der Waals surface area contributed by atoms with Crippen LogP contribution >= 0.6 is 0 Å². The van der Waals surface area contributed by atoms with Gasteiger partial charge in [0.05, 0.1) is 12.3 Å². The number of rotatable bonds is 3. The van der Waals surface area contributed by atoms with Crippen LogP contribution in [0, 0.1) is 0 Å². The minimum absolute atomic E-state index is 0.0144.